The highest BCUT2D eigenvalue weighted by Crippen LogP contribution is 2.23. The maximum absolute atomic E-state index is 13.6. The molecule has 0 saturated carbocycles. The van der Waals surface area contributed by atoms with E-state index in [9.17, 15) is 9.18 Å². The summed E-state index contributed by atoms with van der Waals surface area (Å²) in [5.74, 6) is -1.02. The van der Waals surface area contributed by atoms with Gasteiger partial charge in [0.25, 0.3) is 5.91 Å². The van der Waals surface area contributed by atoms with Crippen LogP contribution in [0.1, 0.15) is 23.2 Å². The number of piperidine rings is 1. The van der Waals surface area contributed by atoms with E-state index < -0.39 is 17.3 Å². The third-order valence-corrected chi connectivity index (χ3v) is 4.17. The molecule has 1 aliphatic rings. The Labute approximate surface area is 123 Å². The molecule has 1 amide bonds. The van der Waals surface area contributed by atoms with Crippen molar-refractivity contribution in [2.45, 2.75) is 18.4 Å². The monoisotopic (exact) mass is 295 g/mol. The van der Waals surface area contributed by atoms with Crippen LogP contribution in [0, 0.1) is 5.82 Å². The van der Waals surface area contributed by atoms with Crippen LogP contribution in [0.15, 0.2) is 24.3 Å². The smallest absolute Gasteiger partial charge is 0.255 e. The molecule has 0 aliphatic carbocycles. The van der Waals surface area contributed by atoms with E-state index in [0.29, 0.717) is 12.8 Å². The van der Waals surface area contributed by atoms with Gasteiger partial charge in [0, 0.05) is 13.1 Å². The molecule has 0 aromatic heterocycles. The molecule has 0 radical (unpaired) electrons. The predicted octanol–water partition coefficient (Wildman–Crippen LogP) is 1.31. The lowest BCUT2D eigenvalue weighted by molar-refractivity contribution is 0.0886. The molecule has 0 unspecified atom stereocenters. The van der Waals surface area contributed by atoms with Gasteiger partial charge >= 0.3 is 0 Å². The summed E-state index contributed by atoms with van der Waals surface area (Å²) in [7, 11) is 2.00. The summed E-state index contributed by atoms with van der Waals surface area (Å²) in [5.41, 5.74) is 5.11. The summed E-state index contributed by atoms with van der Waals surface area (Å²) in [6, 6.07) is 5.88. The molecule has 1 fully saturated rings. The van der Waals surface area contributed by atoms with Crippen molar-refractivity contribution in [2.24, 2.45) is 5.73 Å². The number of carbonyl (C=O) groups is 1. The number of hydrogen-bond donors (Lipinski definition) is 2. The van der Waals surface area contributed by atoms with Gasteiger partial charge in [-0.3, -0.25) is 4.79 Å². The van der Waals surface area contributed by atoms with Crippen LogP contribution in [0.25, 0.3) is 0 Å². The number of nitrogens with zero attached hydrogens (tertiary/aromatic N) is 1. The normalized spacial score (nSPS) is 18.5. The highest BCUT2D eigenvalue weighted by Gasteiger charge is 2.38. The Balaban J connectivity index is 2.19. The van der Waals surface area contributed by atoms with Crippen molar-refractivity contribution in [3.8, 4) is 0 Å². The van der Waals surface area contributed by atoms with Gasteiger partial charge < -0.3 is 16.0 Å². The van der Waals surface area contributed by atoms with Crippen LogP contribution in [0.5, 0.6) is 0 Å². The van der Waals surface area contributed by atoms with Gasteiger partial charge in [0.1, 0.15) is 5.82 Å². The molecule has 1 aliphatic heterocycles. The quantitative estimate of drug-likeness (QED) is 0.826. The molecule has 0 bridgehead atoms. The van der Waals surface area contributed by atoms with Crippen molar-refractivity contribution in [1.82, 2.24) is 10.2 Å². The Morgan fingerprint density at radius 2 is 2.00 bits per heavy atom. The van der Waals surface area contributed by atoms with E-state index in [-0.39, 0.29) is 10.6 Å². The highest BCUT2D eigenvalue weighted by molar-refractivity contribution is 7.80. The summed E-state index contributed by atoms with van der Waals surface area (Å²) >= 11 is 5.12. The molecule has 0 spiro atoms. The van der Waals surface area contributed by atoms with Crippen molar-refractivity contribution in [3.05, 3.63) is 35.6 Å². The van der Waals surface area contributed by atoms with Gasteiger partial charge in [-0.2, -0.15) is 0 Å². The maximum atomic E-state index is 13.6. The van der Waals surface area contributed by atoms with Crippen molar-refractivity contribution < 1.29 is 9.18 Å². The number of hydrogen-bond acceptors (Lipinski definition) is 3. The predicted molar refractivity (Wildman–Crippen MR) is 80.1 cm³/mol. The van der Waals surface area contributed by atoms with Crippen LogP contribution in [0.2, 0.25) is 0 Å². The molecule has 1 aromatic carbocycles. The molecule has 2 rings (SSSR count). The Hall–Kier alpha value is -1.53. The van der Waals surface area contributed by atoms with Gasteiger partial charge in [0.05, 0.1) is 16.1 Å². The van der Waals surface area contributed by atoms with E-state index in [1.165, 1.54) is 12.1 Å². The van der Waals surface area contributed by atoms with E-state index in [2.05, 4.69) is 10.2 Å². The fourth-order valence-corrected chi connectivity index (χ4v) is 2.62. The third kappa shape index (κ3) is 2.96. The van der Waals surface area contributed by atoms with Crippen LogP contribution in [-0.2, 0) is 0 Å². The van der Waals surface area contributed by atoms with E-state index >= 15 is 0 Å². The maximum Gasteiger partial charge on any atom is 0.255 e. The molecule has 20 heavy (non-hydrogen) atoms. The molecule has 0 atom stereocenters. The van der Waals surface area contributed by atoms with Gasteiger partial charge in [-0.1, -0.05) is 24.4 Å². The van der Waals surface area contributed by atoms with Crippen molar-refractivity contribution in [1.29, 1.82) is 0 Å². The van der Waals surface area contributed by atoms with Gasteiger partial charge in [0.2, 0.25) is 0 Å². The molecule has 1 heterocycles. The average Bonchev–Trinajstić information content (AvgIpc) is 2.41. The van der Waals surface area contributed by atoms with Crippen LogP contribution in [0.4, 0.5) is 4.39 Å². The minimum absolute atomic E-state index is 0.0158. The lowest BCUT2D eigenvalue weighted by Crippen LogP contribution is -2.61. The minimum Gasteiger partial charge on any atom is -0.391 e. The fraction of sp³-hybridized carbons (Fsp3) is 0.429. The molecule has 108 valence electrons. The summed E-state index contributed by atoms with van der Waals surface area (Å²) in [6.07, 6.45) is 1.28. The van der Waals surface area contributed by atoms with Crippen LogP contribution in [-0.4, -0.2) is 41.5 Å². The first kappa shape index (κ1) is 14.9. The SMILES string of the molecule is CN1CCC(NC(=O)c2ccccc2F)(C(N)=S)CC1. The number of nitrogens with two attached hydrogens (primary N) is 1. The number of thiocarbonyl (C=S) groups is 1. The molecule has 1 aromatic rings. The molecular weight excluding hydrogens is 277 g/mol. The van der Waals surface area contributed by atoms with Crippen molar-refractivity contribution in [3.63, 3.8) is 0 Å². The largest absolute Gasteiger partial charge is 0.391 e. The number of benzene rings is 1. The number of rotatable bonds is 3. The molecule has 6 heteroatoms. The topological polar surface area (TPSA) is 58.4 Å². The number of amides is 1. The van der Waals surface area contributed by atoms with Gasteiger partial charge in [-0.05, 0) is 32.0 Å². The van der Waals surface area contributed by atoms with E-state index in [0.717, 1.165) is 13.1 Å². The van der Waals surface area contributed by atoms with Gasteiger partial charge in [-0.25, -0.2) is 4.39 Å². The zero-order valence-electron chi connectivity index (χ0n) is 11.4. The Morgan fingerprint density at radius 1 is 1.40 bits per heavy atom. The Kier molecular flexibility index (Phi) is 4.35. The fourth-order valence-electron chi connectivity index (χ4n) is 2.36. The second kappa shape index (κ2) is 5.85. The summed E-state index contributed by atoms with van der Waals surface area (Å²) in [4.78, 5) is 14.6. The average molecular weight is 295 g/mol. The number of halogens is 1. The summed E-state index contributed by atoms with van der Waals surface area (Å²) < 4.78 is 13.6. The Morgan fingerprint density at radius 3 is 2.55 bits per heavy atom. The van der Waals surface area contributed by atoms with E-state index in [1.54, 1.807) is 12.1 Å². The second-order valence-electron chi connectivity index (χ2n) is 5.18. The van der Waals surface area contributed by atoms with E-state index in [1.807, 2.05) is 7.05 Å². The lowest BCUT2D eigenvalue weighted by Gasteiger charge is -2.40. The van der Waals surface area contributed by atoms with Crippen LogP contribution < -0.4 is 11.1 Å². The zero-order valence-corrected chi connectivity index (χ0v) is 12.2. The number of carbonyl (C=O) groups excluding carboxylic acids is 1. The minimum atomic E-state index is -0.721. The molecular formula is C14H18FN3OS. The molecule has 4 nitrogen and oxygen atoms in total. The summed E-state index contributed by atoms with van der Waals surface area (Å²) in [5, 5.41) is 2.84. The zero-order chi connectivity index (χ0) is 14.8. The highest BCUT2D eigenvalue weighted by atomic mass is 32.1. The lowest BCUT2D eigenvalue weighted by atomic mass is 9.87. The van der Waals surface area contributed by atoms with Gasteiger partial charge in [0.15, 0.2) is 0 Å². The van der Waals surface area contributed by atoms with Crippen molar-refractivity contribution in [2.75, 3.05) is 20.1 Å². The molecule has 1 saturated heterocycles. The first-order chi connectivity index (χ1) is 9.44. The number of likely N-dealkylation sites (tertiary alicyclic amines) is 1. The second-order valence-corrected chi connectivity index (χ2v) is 5.62. The first-order valence-electron chi connectivity index (χ1n) is 6.50. The first-order valence-corrected chi connectivity index (χ1v) is 6.91. The van der Waals surface area contributed by atoms with E-state index in [4.69, 9.17) is 18.0 Å². The summed E-state index contributed by atoms with van der Waals surface area (Å²) in [6.45, 7) is 1.57. The van der Waals surface area contributed by atoms with Crippen molar-refractivity contribution >= 4 is 23.1 Å². The van der Waals surface area contributed by atoms with Gasteiger partial charge in [-0.15, -0.1) is 0 Å². The number of nitrogens with one attached hydrogen (secondary N) is 1. The Bertz CT molecular complexity index is 527. The molecule has 3 N–H and O–H groups in total. The standard InChI is InChI=1S/C14H18FN3OS/c1-18-8-6-14(7-9-18,13(16)20)17-12(19)10-4-2-3-5-11(10)15/h2-5H,6-9H2,1H3,(H2,16,20)(H,17,19). The third-order valence-electron chi connectivity index (χ3n) is 3.78. The van der Waals surface area contributed by atoms with Crippen LogP contribution >= 0.6 is 12.2 Å². The van der Waals surface area contributed by atoms with Crippen LogP contribution in [0.3, 0.4) is 0 Å².